The molecule has 1 heterocycles. The van der Waals surface area contributed by atoms with Gasteiger partial charge in [-0.1, -0.05) is 30.3 Å². The molecule has 1 unspecified atom stereocenters. The summed E-state index contributed by atoms with van der Waals surface area (Å²) < 4.78 is 0. The van der Waals surface area contributed by atoms with E-state index in [1.807, 2.05) is 30.3 Å². The van der Waals surface area contributed by atoms with Crippen molar-refractivity contribution in [2.75, 3.05) is 18.9 Å². The number of carbonyl (C=O) groups excluding carboxylic acids is 1. The van der Waals surface area contributed by atoms with Gasteiger partial charge >= 0.3 is 0 Å². The van der Waals surface area contributed by atoms with Gasteiger partial charge in [0.05, 0.1) is 6.10 Å². The predicted octanol–water partition coefficient (Wildman–Crippen LogP) is 1.52. The first-order chi connectivity index (χ1) is 9.69. The molecule has 2 aromatic rings. The van der Waals surface area contributed by atoms with Gasteiger partial charge < -0.3 is 15.7 Å². The maximum absolute atomic E-state index is 11.8. The van der Waals surface area contributed by atoms with Gasteiger partial charge in [0.2, 0.25) is 0 Å². The molecule has 6 heteroatoms. The molecule has 1 aromatic heterocycles. The zero-order chi connectivity index (χ0) is 14.4. The molecule has 0 aliphatic carbocycles. The van der Waals surface area contributed by atoms with Crippen LogP contribution >= 0.6 is 11.3 Å². The van der Waals surface area contributed by atoms with E-state index in [4.69, 9.17) is 0 Å². The van der Waals surface area contributed by atoms with E-state index in [2.05, 4.69) is 15.6 Å². The molecule has 106 valence electrons. The SMILES string of the molecule is CNc1nc(C(=O)NCC(O)Cc2ccccc2)cs1. The number of aliphatic hydroxyl groups excluding tert-OH is 1. The Morgan fingerprint density at radius 1 is 1.40 bits per heavy atom. The van der Waals surface area contributed by atoms with E-state index in [1.54, 1.807) is 12.4 Å². The Morgan fingerprint density at radius 2 is 2.15 bits per heavy atom. The van der Waals surface area contributed by atoms with Crippen LogP contribution in [0.15, 0.2) is 35.7 Å². The molecule has 0 bridgehead atoms. The van der Waals surface area contributed by atoms with Crippen molar-refractivity contribution in [3.8, 4) is 0 Å². The largest absolute Gasteiger partial charge is 0.391 e. The maximum atomic E-state index is 11.8. The summed E-state index contributed by atoms with van der Waals surface area (Å²) in [6, 6.07) is 9.68. The van der Waals surface area contributed by atoms with Gasteiger partial charge in [0.15, 0.2) is 5.13 Å². The predicted molar refractivity (Wildman–Crippen MR) is 80.1 cm³/mol. The summed E-state index contributed by atoms with van der Waals surface area (Å²) in [6.07, 6.45) is -0.0938. The van der Waals surface area contributed by atoms with Crippen LogP contribution in [-0.2, 0) is 6.42 Å². The van der Waals surface area contributed by atoms with E-state index < -0.39 is 6.10 Å². The highest BCUT2D eigenvalue weighted by atomic mass is 32.1. The lowest BCUT2D eigenvalue weighted by Crippen LogP contribution is -2.33. The molecule has 5 nitrogen and oxygen atoms in total. The number of benzene rings is 1. The molecule has 0 aliphatic heterocycles. The Morgan fingerprint density at radius 3 is 2.80 bits per heavy atom. The van der Waals surface area contributed by atoms with E-state index in [1.165, 1.54) is 11.3 Å². The van der Waals surface area contributed by atoms with Crippen molar-refractivity contribution >= 4 is 22.4 Å². The van der Waals surface area contributed by atoms with Gasteiger partial charge in [0, 0.05) is 25.4 Å². The fourth-order valence-electron chi connectivity index (χ4n) is 1.75. The average molecular weight is 291 g/mol. The highest BCUT2D eigenvalue weighted by Gasteiger charge is 2.12. The number of aromatic nitrogens is 1. The van der Waals surface area contributed by atoms with Gasteiger partial charge in [0.25, 0.3) is 5.91 Å². The summed E-state index contributed by atoms with van der Waals surface area (Å²) in [5, 5.41) is 17.8. The normalized spacial score (nSPS) is 11.9. The van der Waals surface area contributed by atoms with Crippen molar-refractivity contribution in [3.05, 3.63) is 47.0 Å². The summed E-state index contributed by atoms with van der Waals surface area (Å²) in [4.78, 5) is 15.9. The minimum atomic E-state index is -0.608. The number of hydrogen-bond donors (Lipinski definition) is 3. The van der Waals surface area contributed by atoms with E-state index >= 15 is 0 Å². The Bertz CT molecular complexity index is 557. The summed E-state index contributed by atoms with van der Waals surface area (Å²) in [5.41, 5.74) is 1.41. The van der Waals surface area contributed by atoms with Crippen molar-refractivity contribution in [2.45, 2.75) is 12.5 Å². The van der Waals surface area contributed by atoms with Crippen molar-refractivity contribution in [3.63, 3.8) is 0 Å². The lowest BCUT2D eigenvalue weighted by Gasteiger charge is -2.11. The fraction of sp³-hybridized carbons (Fsp3) is 0.286. The number of anilines is 1. The molecule has 0 fully saturated rings. The first kappa shape index (κ1) is 14.5. The number of nitrogens with one attached hydrogen (secondary N) is 2. The van der Waals surface area contributed by atoms with Gasteiger partial charge in [-0.15, -0.1) is 11.3 Å². The molecular weight excluding hydrogens is 274 g/mol. The number of nitrogens with zero attached hydrogens (tertiary/aromatic N) is 1. The Kier molecular flexibility index (Phi) is 5.09. The second-order valence-corrected chi connectivity index (χ2v) is 5.20. The van der Waals surface area contributed by atoms with E-state index in [0.29, 0.717) is 17.2 Å². The third kappa shape index (κ3) is 4.04. The lowest BCUT2D eigenvalue weighted by atomic mass is 10.1. The van der Waals surface area contributed by atoms with Crippen LogP contribution in [-0.4, -0.2) is 35.7 Å². The highest BCUT2D eigenvalue weighted by Crippen LogP contribution is 2.14. The number of rotatable bonds is 6. The molecule has 1 amide bonds. The molecular formula is C14H17N3O2S. The number of carbonyl (C=O) groups is 1. The van der Waals surface area contributed by atoms with Gasteiger partial charge in [-0.05, 0) is 5.56 Å². The number of hydrogen-bond acceptors (Lipinski definition) is 5. The average Bonchev–Trinajstić information content (AvgIpc) is 2.95. The third-order valence-electron chi connectivity index (χ3n) is 2.76. The van der Waals surface area contributed by atoms with E-state index in [9.17, 15) is 9.90 Å². The highest BCUT2D eigenvalue weighted by molar-refractivity contribution is 7.13. The molecule has 0 saturated carbocycles. The van der Waals surface area contributed by atoms with Crippen LogP contribution in [0.25, 0.3) is 0 Å². The zero-order valence-electron chi connectivity index (χ0n) is 11.2. The molecule has 1 atom stereocenters. The summed E-state index contributed by atoms with van der Waals surface area (Å²) in [7, 11) is 1.75. The topological polar surface area (TPSA) is 74.2 Å². The van der Waals surface area contributed by atoms with Crippen LogP contribution in [0.4, 0.5) is 5.13 Å². The van der Waals surface area contributed by atoms with Crippen molar-refractivity contribution in [2.24, 2.45) is 0 Å². The van der Waals surface area contributed by atoms with Crippen LogP contribution in [0, 0.1) is 0 Å². The Hall–Kier alpha value is -1.92. The Labute approximate surface area is 121 Å². The quantitative estimate of drug-likeness (QED) is 0.754. The maximum Gasteiger partial charge on any atom is 0.270 e. The van der Waals surface area contributed by atoms with E-state index in [0.717, 1.165) is 5.56 Å². The van der Waals surface area contributed by atoms with Gasteiger partial charge in [-0.25, -0.2) is 4.98 Å². The van der Waals surface area contributed by atoms with Crippen LogP contribution in [0.5, 0.6) is 0 Å². The molecule has 2 rings (SSSR count). The van der Waals surface area contributed by atoms with Crippen LogP contribution in [0.3, 0.4) is 0 Å². The van der Waals surface area contributed by atoms with Crippen molar-refractivity contribution in [1.82, 2.24) is 10.3 Å². The van der Waals surface area contributed by atoms with Gasteiger partial charge in [0.1, 0.15) is 5.69 Å². The monoisotopic (exact) mass is 291 g/mol. The molecule has 0 aliphatic rings. The summed E-state index contributed by atoms with van der Waals surface area (Å²) in [5.74, 6) is -0.269. The smallest absolute Gasteiger partial charge is 0.270 e. The second kappa shape index (κ2) is 7.02. The van der Waals surface area contributed by atoms with Gasteiger partial charge in [-0.3, -0.25) is 4.79 Å². The molecule has 1 aromatic carbocycles. The van der Waals surface area contributed by atoms with Crippen molar-refractivity contribution < 1.29 is 9.90 Å². The Balaban J connectivity index is 1.81. The van der Waals surface area contributed by atoms with E-state index in [-0.39, 0.29) is 12.5 Å². The molecule has 0 spiro atoms. The molecule has 3 N–H and O–H groups in total. The summed E-state index contributed by atoms with van der Waals surface area (Å²) in [6.45, 7) is 0.208. The minimum absolute atomic E-state index is 0.208. The number of thiazole rings is 1. The summed E-state index contributed by atoms with van der Waals surface area (Å²) >= 11 is 1.37. The van der Waals surface area contributed by atoms with Crippen LogP contribution < -0.4 is 10.6 Å². The minimum Gasteiger partial charge on any atom is -0.391 e. The third-order valence-corrected chi connectivity index (χ3v) is 3.62. The number of amides is 1. The first-order valence-corrected chi connectivity index (χ1v) is 7.20. The standard InChI is InChI=1S/C14H17N3O2S/c1-15-14-17-12(9-20-14)13(19)16-8-11(18)7-10-5-3-2-4-6-10/h2-6,9,11,18H,7-8H2,1H3,(H,15,17)(H,16,19). The van der Waals surface area contributed by atoms with Gasteiger partial charge in [-0.2, -0.15) is 0 Å². The molecule has 0 radical (unpaired) electrons. The van der Waals surface area contributed by atoms with Crippen molar-refractivity contribution in [1.29, 1.82) is 0 Å². The zero-order valence-corrected chi connectivity index (χ0v) is 12.0. The second-order valence-electron chi connectivity index (χ2n) is 4.34. The molecule has 20 heavy (non-hydrogen) atoms. The van der Waals surface area contributed by atoms with Crippen LogP contribution in [0.1, 0.15) is 16.1 Å². The fourth-order valence-corrected chi connectivity index (χ4v) is 2.40. The first-order valence-electron chi connectivity index (χ1n) is 6.32. The lowest BCUT2D eigenvalue weighted by molar-refractivity contribution is 0.0912. The molecule has 0 saturated heterocycles. The van der Waals surface area contributed by atoms with Crippen LogP contribution in [0.2, 0.25) is 0 Å². The number of aliphatic hydroxyl groups is 1.